The molecule has 80 valence electrons. The van der Waals surface area contributed by atoms with Gasteiger partial charge in [0, 0.05) is 18.0 Å². The summed E-state index contributed by atoms with van der Waals surface area (Å²) in [6.07, 6.45) is 3.27. The zero-order chi connectivity index (χ0) is 11.4. The predicted octanol–water partition coefficient (Wildman–Crippen LogP) is 3.54. The predicted molar refractivity (Wildman–Crippen MR) is 62.7 cm³/mol. The van der Waals surface area contributed by atoms with Crippen LogP contribution in [0.4, 0.5) is 10.1 Å². The van der Waals surface area contributed by atoms with E-state index in [4.69, 9.17) is 11.6 Å². The van der Waals surface area contributed by atoms with Crippen molar-refractivity contribution in [1.82, 2.24) is 4.98 Å². The van der Waals surface area contributed by atoms with Gasteiger partial charge in [0.15, 0.2) is 0 Å². The van der Waals surface area contributed by atoms with Gasteiger partial charge in [-0.1, -0.05) is 11.6 Å². The van der Waals surface area contributed by atoms with Crippen LogP contribution in [0.25, 0.3) is 0 Å². The second-order valence-corrected chi connectivity index (χ2v) is 3.47. The van der Waals surface area contributed by atoms with Crippen molar-refractivity contribution in [1.29, 1.82) is 0 Å². The summed E-state index contributed by atoms with van der Waals surface area (Å²) in [5.74, 6) is -0.293. The highest BCUT2D eigenvalue weighted by molar-refractivity contribution is 6.69. The molecule has 0 saturated carbocycles. The van der Waals surface area contributed by atoms with E-state index in [2.05, 4.69) is 9.98 Å². The van der Waals surface area contributed by atoms with Crippen LogP contribution in [0.15, 0.2) is 53.8 Å². The Morgan fingerprint density at radius 1 is 1.06 bits per heavy atom. The normalized spacial score (nSPS) is 11.5. The lowest BCUT2D eigenvalue weighted by molar-refractivity contribution is 0.628. The van der Waals surface area contributed by atoms with Crippen molar-refractivity contribution in [3.8, 4) is 0 Å². The third kappa shape index (κ3) is 2.64. The Labute approximate surface area is 97.4 Å². The topological polar surface area (TPSA) is 25.2 Å². The Morgan fingerprint density at radius 2 is 1.69 bits per heavy atom. The van der Waals surface area contributed by atoms with Gasteiger partial charge in [-0.05, 0) is 36.4 Å². The smallest absolute Gasteiger partial charge is 0.137 e. The fourth-order valence-corrected chi connectivity index (χ4v) is 1.41. The third-order valence-electron chi connectivity index (χ3n) is 1.97. The molecule has 1 aromatic carbocycles. The third-order valence-corrected chi connectivity index (χ3v) is 2.28. The lowest BCUT2D eigenvalue weighted by Crippen LogP contribution is -1.90. The average molecular weight is 235 g/mol. The maximum Gasteiger partial charge on any atom is 0.137 e. The molecule has 4 heteroatoms. The summed E-state index contributed by atoms with van der Waals surface area (Å²) in [7, 11) is 0. The number of rotatable bonds is 2. The molecule has 2 rings (SSSR count). The summed E-state index contributed by atoms with van der Waals surface area (Å²) in [4.78, 5) is 8.04. The number of nitrogens with zero attached hydrogens (tertiary/aromatic N) is 2. The maximum absolute atomic E-state index is 12.7. The molecule has 0 fully saturated rings. The Morgan fingerprint density at radius 3 is 2.31 bits per heavy atom. The molecule has 1 heterocycles. The van der Waals surface area contributed by atoms with Crippen LogP contribution in [0.2, 0.25) is 0 Å². The zero-order valence-electron chi connectivity index (χ0n) is 8.27. The van der Waals surface area contributed by atoms with Crippen molar-refractivity contribution in [3.05, 3.63) is 60.2 Å². The van der Waals surface area contributed by atoms with E-state index >= 15 is 0 Å². The maximum atomic E-state index is 12.7. The van der Waals surface area contributed by atoms with Gasteiger partial charge >= 0.3 is 0 Å². The van der Waals surface area contributed by atoms with Crippen molar-refractivity contribution in [2.45, 2.75) is 0 Å². The Hall–Kier alpha value is -1.74. The molecule has 0 aliphatic heterocycles. The number of halogens is 2. The van der Waals surface area contributed by atoms with Gasteiger partial charge in [0.1, 0.15) is 11.0 Å². The standard InChI is InChI=1S/C12H8ClFN2/c13-12(9-5-7-15-8-6-9)16-11-3-1-10(14)2-4-11/h1-8H. The first-order valence-corrected chi connectivity index (χ1v) is 5.03. The summed E-state index contributed by atoms with van der Waals surface area (Å²) in [5, 5.41) is 0.356. The summed E-state index contributed by atoms with van der Waals surface area (Å²) >= 11 is 6.01. The van der Waals surface area contributed by atoms with Crippen LogP contribution in [-0.4, -0.2) is 10.2 Å². The molecule has 0 radical (unpaired) electrons. The molecular weight excluding hydrogens is 227 g/mol. The fourth-order valence-electron chi connectivity index (χ4n) is 1.18. The summed E-state index contributed by atoms with van der Waals surface area (Å²) < 4.78 is 12.7. The fraction of sp³-hybridized carbons (Fsp3) is 0. The van der Waals surface area contributed by atoms with Crippen LogP contribution >= 0.6 is 11.6 Å². The summed E-state index contributed by atoms with van der Waals surface area (Å²) in [6.45, 7) is 0. The minimum absolute atomic E-state index is 0.293. The lowest BCUT2D eigenvalue weighted by atomic mass is 10.3. The van der Waals surface area contributed by atoms with Crippen LogP contribution in [0, 0.1) is 5.82 Å². The van der Waals surface area contributed by atoms with E-state index in [9.17, 15) is 4.39 Å². The van der Waals surface area contributed by atoms with E-state index < -0.39 is 0 Å². The van der Waals surface area contributed by atoms with Gasteiger partial charge in [-0.3, -0.25) is 4.98 Å². The van der Waals surface area contributed by atoms with Gasteiger partial charge in [-0.25, -0.2) is 9.38 Å². The van der Waals surface area contributed by atoms with Crippen LogP contribution < -0.4 is 0 Å². The Bertz CT molecular complexity index is 494. The molecule has 0 saturated heterocycles. The van der Waals surface area contributed by atoms with Gasteiger partial charge in [0.2, 0.25) is 0 Å². The van der Waals surface area contributed by atoms with Gasteiger partial charge in [0.05, 0.1) is 5.69 Å². The second kappa shape index (κ2) is 4.86. The summed E-state index contributed by atoms with van der Waals surface area (Å²) in [6, 6.07) is 9.34. The molecule has 2 aromatic rings. The van der Waals surface area contributed by atoms with E-state index in [0.29, 0.717) is 10.9 Å². The number of aliphatic imine (C=N–C) groups is 1. The first-order valence-electron chi connectivity index (χ1n) is 4.66. The van der Waals surface area contributed by atoms with Crippen LogP contribution in [0.3, 0.4) is 0 Å². The lowest BCUT2D eigenvalue weighted by Gasteiger charge is -1.98. The van der Waals surface area contributed by atoms with Crippen molar-refractivity contribution < 1.29 is 4.39 Å². The minimum Gasteiger partial charge on any atom is -0.265 e. The van der Waals surface area contributed by atoms with E-state index in [0.717, 1.165) is 5.56 Å². The molecule has 0 bridgehead atoms. The number of hydrogen-bond acceptors (Lipinski definition) is 2. The number of pyridine rings is 1. The molecule has 0 amide bonds. The molecule has 0 N–H and O–H groups in total. The molecule has 0 aliphatic carbocycles. The molecule has 0 unspecified atom stereocenters. The van der Waals surface area contributed by atoms with Gasteiger partial charge in [-0.15, -0.1) is 0 Å². The molecule has 2 nitrogen and oxygen atoms in total. The highest BCUT2D eigenvalue weighted by Crippen LogP contribution is 2.15. The van der Waals surface area contributed by atoms with Gasteiger partial charge in [-0.2, -0.15) is 0 Å². The Balaban J connectivity index is 2.28. The highest BCUT2D eigenvalue weighted by atomic mass is 35.5. The highest BCUT2D eigenvalue weighted by Gasteiger charge is 1.99. The number of hydrogen-bond donors (Lipinski definition) is 0. The number of aromatic nitrogens is 1. The van der Waals surface area contributed by atoms with Crippen LogP contribution in [0.5, 0.6) is 0 Å². The molecule has 16 heavy (non-hydrogen) atoms. The van der Waals surface area contributed by atoms with Crippen molar-refractivity contribution in [2.75, 3.05) is 0 Å². The summed E-state index contributed by atoms with van der Waals surface area (Å²) in [5.41, 5.74) is 1.39. The van der Waals surface area contributed by atoms with E-state index in [-0.39, 0.29) is 5.82 Å². The Kier molecular flexibility index (Phi) is 3.27. The monoisotopic (exact) mass is 234 g/mol. The molecule has 0 spiro atoms. The molecular formula is C12H8ClFN2. The first kappa shape index (κ1) is 10.8. The van der Waals surface area contributed by atoms with Gasteiger partial charge < -0.3 is 0 Å². The van der Waals surface area contributed by atoms with Gasteiger partial charge in [0.25, 0.3) is 0 Å². The minimum atomic E-state index is -0.293. The van der Waals surface area contributed by atoms with Crippen molar-refractivity contribution >= 4 is 22.5 Å². The van der Waals surface area contributed by atoms with E-state index in [1.54, 1.807) is 36.7 Å². The average Bonchev–Trinajstić information content (AvgIpc) is 2.33. The van der Waals surface area contributed by atoms with E-state index in [1.807, 2.05) is 0 Å². The van der Waals surface area contributed by atoms with Crippen molar-refractivity contribution in [2.24, 2.45) is 4.99 Å². The first-order chi connectivity index (χ1) is 7.75. The number of benzene rings is 1. The molecule has 0 aliphatic rings. The SMILES string of the molecule is Fc1ccc(N=C(Cl)c2ccncc2)cc1. The van der Waals surface area contributed by atoms with E-state index in [1.165, 1.54) is 12.1 Å². The zero-order valence-corrected chi connectivity index (χ0v) is 9.03. The largest absolute Gasteiger partial charge is 0.265 e. The molecule has 1 aromatic heterocycles. The van der Waals surface area contributed by atoms with Crippen LogP contribution in [0.1, 0.15) is 5.56 Å². The van der Waals surface area contributed by atoms with Crippen LogP contribution in [-0.2, 0) is 0 Å². The second-order valence-electron chi connectivity index (χ2n) is 3.11. The quantitative estimate of drug-likeness (QED) is 0.730. The molecule has 0 atom stereocenters. The van der Waals surface area contributed by atoms with Crippen molar-refractivity contribution in [3.63, 3.8) is 0 Å².